The van der Waals surface area contributed by atoms with E-state index in [2.05, 4.69) is 19.2 Å². The molecule has 3 nitrogen and oxygen atoms in total. The Bertz CT molecular complexity index is 242. The molecule has 0 heterocycles. The van der Waals surface area contributed by atoms with Crippen LogP contribution in [0.1, 0.15) is 65.2 Å². The highest BCUT2D eigenvalue weighted by molar-refractivity contribution is 5.76. The highest BCUT2D eigenvalue weighted by Crippen LogP contribution is 2.37. The Hall–Kier alpha value is -0.570. The van der Waals surface area contributed by atoms with Crippen LogP contribution >= 0.6 is 0 Å². The molecule has 0 aromatic rings. The van der Waals surface area contributed by atoms with Crippen molar-refractivity contribution in [2.24, 2.45) is 5.41 Å². The number of carbonyl (C=O) groups excluding carboxylic acids is 1. The summed E-state index contributed by atoms with van der Waals surface area (Å²) in [5.41, 5.74) is -0.0981. The zero-order valence-corrected chi connectivity index (χ0v) is 11.3. The van der Waals surface area contributed by atoms with Gasteiger partial charge in [0.25, 0.3) is 0 Å². The van der Waals surface area contributed by atoms with Crippen molar-refractivity contribution in [3.05, 3.63) is 0 Å². The molecule has 1 amide bonds. The lowest BCUT2D eigenvalue weighted by Crippen LogP contribution is -2.44. The molecular weight excluding hydrogens is 214 g/mol. The number of aliphatic hydroxyl groups excluding tert-OH is 1. The van der Waals surface area contributed by atoms with Gasteiger partial charge in [-0.3, -0.25) is 4.79 Å². The molecule has 1 fully saturated rings. The molecule has 1 aliphatic rings. The zero-order valence-electron chi connectivity index (χ0n) is 11.3. The molecule has 0 bridgehead atoms. The van der Waals surface area contributed by atoms with Gasteiger partial charge in [0.2, 0.25) is 5.91 Å². The van der Waals surface area contributed by atoms with Gasteiger partial charge in [0.1, 0.15) is 0 Å². The van der Waals surface area contributed by atoms with E-state index < -0.39 is 0 Å². The first-order chi connectivity index (χ1) is 8.12. The third kappa shape index (κ3) is 4.30. The van der Waals surface area contributed by atoms with Gasteiger partial charge in [-0.05, 0) is 19.3 Å². The van der Waals surface area contributed by atoms with E-state index in [1.54, 1.807) is 0 Å². The van der Waals surface area contributed by atoms with E-state index in [1.807, 2.05) is 0 Å². The molecule has 0 aromatic carbocycles. The Labute approximate surface area is 105 Å². The third-order valence-electron chi connectivity index (χ3n) is 4.04. The maximum Gasteiger partial charge on any atom is 0.220 e. The smallest absolute Gasteiger partial charge is 0.220 e. The summed E-state index contributed by atoms with van der Waals surface area (Å²) in [6.45, 7) is 4.42. The number of rotatable bonds is 7. The Morgan fingerprint density at radius 2 is 2.18 bits per heavy atom. The molecule has 1 aliphatic carbocycles. The van der Waals surface area contributed by atoms with Crippen molar-refractivity contribution < 1.29 is 9.90 Å². The van der Waals surface area contributed by atoms with Gasteiger partial charge < -0.3 is 10.4 Å². The molecule has 2 atom stereocenters. The molecule has 17 heavy (non-hydrogen) atoms. The summed E-state index contributed by atoms with van der Waals surface area (Å²) in [4.78, 5) is 11.8. The molecule has 1 saturated carbocycles. The van der Waals surface area contributed by atoms with Crippen LogP contribution in [-0.4, -0.2) is 23.7 Å². The van der Waals surface area contributed by atoms with Gasteiger partial charge in [-0.25, -0.2) is 0 Å². The zero-order chi connectivity index (χ0) is 12.7. The highest BCUT2D eigenvalue weighted by atomic mass is 16.3. The number of hydrogen-bond donors (Lipinski definition) is 2. The average Bonchev–Trinajstić information content (AvgIpc) is 2.67. The minimum Gasteiger partial charge on any atom is -0.396 e. The van der Waals surface area contributed by atoms with Crippen LogP contribution in [0.3, 0.4) is 0 Å². The van der Waals surface area contributed by atoms with Crippen molar-refractivity contribution in [2.75, 3.05) is 6.61 Å². The summed E-state index contributed by atoms with van der Waals surface area (Å²) in [5.74, 6) is 0.160. The van der Waals surface area contributed by atoms with Crippen LogP contribution in [0.25, 0.3) is 0 Å². The molecule has 0 radical (unpaired) electrons. The Balaban J connectivity index is 2.26. The summed E-state index contributed by atoms with van der Waals surface area (Å²) < 4.78 is 0. The molecule has 0 aliphatic heterocycles. The second kappa shape index (κ2) is 7.00. The summed E-state index contributed by atoms with van der Waals surface area (Å²) >= 11 is 0. The number of carbonyl (C=O) groups is 1. The molecule has 3 heteroatoms. The topological polar surface area (TPSA) is 49.3 Å². The van der Waals surface area contributed by atoms with Gasteiger partial charge in [-0.15, -0.1) is 0 Å². The largest absolute Gasteiger partial charge is 0.396 e. The molecule has 1 rings (SSSR count). The second-order valence-electron chi connectivity index (χ2n) is 5.64. The standard InChI is InChI=1S/C14H27NO2/c1-3-4-5-6-9-13(17)15-12-8-7-10-14(12,2)11-16/h12,16H,3-11H2,1-2H3,(H,15,17). The maximum absolute atomic E-state index is 11.8. The fourth-order valence-electron chi connectivity index (χ4n) is 2.65. The SMILES string of the molecule is CCCCCCC(=O)NC1CCCC1(C)CO. The molecular formula is C14H27NO2. The molecule has 0 spiro atoms. The first-order valence-electron chi connectivity index (χ1n) is 7.02. The van der Waals surface area contributed by atoms with E-state index in [9.17, 15) is 9.90 Å². The predicted molar refractivity (Wildman–Crippen MR) is 69.7 cm³/mol. The number of amides is 1. The van der Waals surface area contributed by atoms with E-state index in [-0.39, 0.29) is 24.0 Å². The normalized spacial score (nSPS) is 28.3. The summed E-state index contributed by atoms with van der Waals surface area (Å²) in [6, 6.07) is 0.172. The van der Waals surface area contributed by atoms with Crippen molar-refractivity contribution in [1.82, 2.24) is 5.32 Å². The lowest BCUT2D eigenvalue weighted by Gasteiger charge is -2.30. The number of nitrogens with one attached hydrogen (secondary N) is 1. The maximum atomic E-state index is 11.8. The average molecular weight is 241 g/mol. The molecule has 0 saturated heterocycles. The van der Waals surface area contributed by atoms with E-state index in [4.69, 9.17) is 0 Å². The Morgan fingerprint density at radius 3 is 2.82 bits per heavy atom. The van der Waals surface area contributed by atoms with Crippen LogP contribution < -0.4 is 5.32 Å². The molecule has 100 valence electrons. The predicted octanol–water partition coefficient (Wildman–Crippen LogP) is 2.62. The Kier molecular flexibility index (Phi) is 5.96. The first kappa shape index (κ1) is 14.5. The summed E-state index contributed by atoms with van der Waals surface area (Å²) in [5, 5.41) is 12.5. The fourth-order valence-corrected chi connectivity index (χ4v) is 2.65. The minimum atomic E-state index is -0.0981. The quantitative estimate of drug-likeness (QED) is 0.673. The van der Waals surface area contributed by atoms with Crippen LogP contribution in [0.2, 0.25) is 0 Å². The lowest BCUT2D eigenvalue weighted by molar-refractivity contribution is -0.122. The van der Waals surface area contributed by atoms with E-state index >= 15 is 0 Å². The number of aliphatic hydroxyl groups is 1. The van der Waals surface area contributed by atoms with Crippen molar-refractivity contribution in [3.8, 4) is 0 Å². The Morgan fingerprint density at radius 1 is 1.41 bits per heavy atom. The summed E-state index contributed by atoms with van der Waals surface area (Å²) in [6.07, 6.45) is 8.32. The minimum absolute atomic E-state index is 0.0981. The van der Waals surface area contributed by atoms with Crippen molar-refractivity contribution in [1.29, 1.82) is 0 Å². The molecule has 0 aromatic heterocycles. The molecule has 2 N–H and O–H groups in total. The number of hydrogen-bond acceptors (Lipinski definition) is 2. The lowest BCUT2D eigenvalue weighted by atomic mass is 9.85. The van der Waals surface area contributed by atoms with E-state index in [0.29, 0.717) is 6.42 Å². The van der Waals surface area contributed by atoms with E-state index in [0.717, 1.165) is 32.1 Å². The van der Waals surface area contributed by atoms with E-state index in [1.165, 1.54) is 12.8 Å². The monoisotopic (exact) mass is 241 g/mol. The van der Waals surface area contributed by atoms with Gasteiger partial charge in [0.15, 0.2) is 0 Å². The van der Waals surface area contributed by atoms with Crippen LogP contribution in [0.15, 0.2) is 0 Å². The summed E-state index contributed by atoms with van der Waals surface area (Å²) in [7, 11) is 0. The van der Waals surface area contributed by atoms with Crippen molar-refractivity contribution >= 4 is 5.91 Å². The van der Waals surface area contributed by atoms with Crippen LogP contribution in [0.5, 0.6) is 0 Å². The third-order valence-corrected chi connectivity index (χ3v) is 4.04. The van der Waals surface area contributed by atoms with Crippen LogP contribution in [-0.2, 0) is 4.79 Å². The first-order valence-corrected chi connectivity index (χ1v) is 7.02. The van der Waals surface area contributed by atoms with Crippen LogP contribution in [0, 0.1) is 5.41 Å². The second-order valence-corrected chi connectivity index (χ2v) is 5.64. The fraction of sp³-hybridized carbons (Fsp3) is 0.929. The van der Waals surface area contributed by atoms with Crippen molar-refractivity contribution in [3.63, 3.8) is 0 Å². The van der Waals surface area contributed by atoms with Gasteiger partial charge in [0, 0.05) is 17.9 Å². The van der Waals surface area contributed by atoms with Gasteiger partial charge in [0.05, 0.1) is 6.61 Å². The van der Waals surface area contributed by atoms with Crippen LogP contribution in [0.4, 0.5) is 0 Å². The van der Waals surface area contributed by atoms with Gasteiger partial charge in [-0.2, -0.15) is 0 Å². The van der Waals surface area contributed by atoms with Gasteiger partial charge in [-0.1, -0.05) is 39.5 Å². The highest BCUT2D eigenvalue weighted by Gasteiger charge is 2.38. The van der Waals surface area contributed by atoms with Gasteiger partial charge >= 0.3 is 0 Å². The number of unbranched alkanes of at least 4 members (excludes halogenated alkanes) is 3. The van der Waals surface area contributed by atoms with Crippen molar-refractivity contribution in [2.45, 2.75) is 71.3 Å². The molecule has 2 unspecified atom stereocenters.